The van der Waals surface area contributed by atoms with Crippen LogP contribution in [-0.2, 0) is 4.79 Å². The number of aromatic nitrogens is 3. The third kappa shape index (κ3) is 3.92. The van der Waals surface area contributed by atoms with Crippen LogP contribution in [0.5, 0.6) is 0 Å². The van der Waals surface area contributed by atoms with Crippen molar-refractivity contribution < 1.29 is 4.79 Å². The van der Waals surface area contributed by atoms with Gasteiger partial charge in [0.2, 0.25) is 5.91 Å². The van der Waals surface area contributed by atoms with Crippen LogP contribution in [0.3, 0.4) is 0 Å². The van der Waals surface area contributed by atoms with Crippen molar-refractivity contribution in [3.05, 3.63) is 77.2 Å². The fourth-order valence-electron chi connectivity index (χ4n) is 1.96. The van der Waals surface area contributed by atoms with Gasteiger partial charge in [0, 0.05) is 22.9 Å². The Balaban J connectivity index is 1.65. The molecule has 0 aliphatic rings. The molecule has 0 aliphatic heterocycles. The van der Waals surface area contributed by atoms with Crippen LogP contribution >= 0.6 is 15.9 Å². The van der Waals surface area contributed by atoms with Gasteiger partial charge in [-0.25, -0.2) is 9.67 Å². The van der Waals surface area contributed by atoms with Crippen molar-refractivity contribution in [3.8, 4) is 5.82 Å². The molecule has 2 heterocycles. The smallest absolute Gasteiger partial charge is 0.248 e. The van der Waals surface area contributed by atoms with E-state index in [4.69, 9.17) is 0 Å². The Labute approximate surface area is 141 Å². The van der Waals surface area contributed by atoms with Crippen molar-refractivity contribution in [3.63, 3.8) is 0 Å². The van der Waals surface area contributed by atoms with Gasteiger partial charge in [0.05, 0.1) is 11.9 Å². The maximum Gasteiger partial charge on any atom is 0.248 e. The monoisotopic (exact) mass is 368 g/mol. The topological polar surface area (TPSA) is 59.8 Å². The molecule has 0 atom stereocenters. The van der Waals surface area contributed by atoms with E-state index < -0.39 is 0 Å². The molecule has 0 saturated heterocycles. The van der Waals surface area contributed by atoms with Crippen LogP contribution in [0.4, 0.5) is 5.69 Å². The zero-order valence-electron chi connectivity index (χ0n) is 12.1. The number of rotatable bonds is 4. The van der Waals surface area contributed by atoms with Crippen molar-refractivity contribution >= 4 is 33.6 Å². The van der Waals surface area contributed by atoms with Gasteiger partial charge in [0.15, 0.2) is 5.82 Å². The van der Waals surface area contributed by atoms with E-state index in [0.717, 1.165) is 10.0 Å². The maximum absolute atomic E-state index is 12.0. The Kier molecular flexibility index (Phi) is 4.63. The summed E-state index contributed by atoms with van der Waals surface area (Å²) in [6.07, 6.45) is 8.33. The first-order chi connectivity index (χ1) is 11.2. The summed E-state index contributed by atoms with van der Waals surface area (Å²) < 4.78 is 2.59. The second-order valence-corrected chi connectivity index (χ2v) is 5.55. The van der Waals surface area contributed by atoms with E-state index in [2.05, 4.69) is 31.3 Å². The second-order valence-electron chi connectivity index (χ2n) is 4.70. The van der Waals surface area contributed by atoms with Crippen molar-refractivity contribution in [2.45, 2.75) is 0 Å². The predicted octanol–water partition coefficient (Wildman–Crippen LogP) is 3.68. The van der Waals surface area contributed by atoms with Gasteiger partial charge in [-0.05, 0) is 35.9 Å². The third-order valence-electron chi connectivity index (χ3n) is 3.07. The molecule has 0 spiro atoms. The molecule has 0 unspecified atom stereocenters. The van der Waals surface area contributed by atoms with Crippen LogP contribution in [0.1, 0.15) is 5.56 Å². The number of carbonyl (C=O) groups excluding carboxylic acids is 1. The number of nitrogens with one attached hydrogen (secondary N) is 1. The summed E-state index contributed by atoms with van der Waals surface area (Å²) in [5.74, 6) is 0.478. The first kappa shape index (κ1) is 15.2. The zero-order valence-corrected chi connectivity index (χ0v) is 13.6. The van der Waals surface area contributed by atoms with Gasteiger partial charge >= 0.3 is 0 Å². The predicted molar refractivity (Wildman–Crippen MR) is 93.2 cm³/mol. The Morgan fingerprint density at radius 3 is 2.74 bits per heavy atom. The lowest BCUT2D eigenvalue weighted by molar-refractivity contribution is -0.111. The number of halogens is 1. The van der Waals surface area contributed by atoms with E-state index in [9.17, 15) is 4.79 Å². The molecular formula is C17H13BrN4O. The number of hydrogen-bond donors (Lipinski definition) is 1. The number of nitrogens with zero attached hydrogens (tertiary/aromatic N) is 3. The van der Waals surface area contributed by atoms with Crippen LogP contribution in [0, 0.1) is 0 Å². The molecule has 23 heavy (non-hydrogen) atoms. The van der Waals surface area contributed by atoms with Gasteiger partial charge < -0.3 is 5.32 Å². The number of carbonyl (C=O) groups is 1. The third-order valence-corrected chi connectivity index (χ3v) is 3.80. The normalized spacial score (nSPS) is 10.8. The van der Waals surface area contributed by atoms with E-state index in [-0.39, 0.29) is 5.91 Å². The van der Waals surface area contributed by atoms with Crippen LogP contribution in [0.15, 0.2) is 71.6 Å². The molecule has 3 rings (SSSR count). The lowest BCUT2D eigenvalue weighted by Gasteiger charge is -2.04. The highest BCUT2D eigenvalue weighted by atomic mass is 79.9. The quantitative estimate of drug-likeness (QED) is 0.714. The van der Waals surface area contributed by atoms with Crippen LogP contribution < -0.4 is 5.32 Å². The summed E-state index contributed by atoms with van der Waals surface area (Å²) in [5.41, 5.74) is 1.57. The SMILES string of the molecule is O=C(/C=C/c1ccccc1Br)Nc1ccc(-n2cccn2)nc1. The lowest BCUT2D eigenvalue weighted by Crippen LogP contribution is -2.08. The van der Waals surface area contributed by atoms with Crippen molar-refractivity contribution in [2.24, 2.45) is 0 Å². The highest BCUT2D eigenvalue weighted by Crippen LogP contribution is 2.17. The largest absolute Gasteiger partial charge is 0.321 e. The zero-order chi connectivity index (χ0) is 16.1. The first-order valence-corrected chi connectivity index (χ1v) is 7.71. The van der Waals surface area contributed by atoms with Crippen LogP contribution in [0.2, 0.25) is 0 Å². The number of benzene rings is 1. The van der Waals surface area contributed by atoms with Gasteiger partial charge in [-0.15, -0.1) is 0 Å². The molecule has 5 nitrogen and oxygen atoms in total. The second kappa shape index (κ2) is 7.02. The summed E-state index contributed by atoms with van der Waals surface area (Å²) in [5, 5.41) is 6.87. The van der Waals surface area contributed by atoms with Crippen LogP contribution in [-0.4, -0.2) is 20.7 Å². The van der Waals surface area contributed by atoms with Crippen molar-refractivity contribution in [1.29, 1.82) is 0 Å². The summed E-state index contributed by atoms with van der Waals surface area (Å²) >= 11 is 3.44. The molecular weight excluding hydrogens is 356 g/mol. The minimum Gasteiger partial charge on any atom is -0.321 e. The van der Waals surface area contributed by atoms with Gasteiger partial charge in [0.25, 0.3) is 0 Å². The number of pyridine rings is 1. The Hall–Kier alpha value is -2.73. The van der Waals surface area contributed by atoms with Gasteiger partial charge in [-0.1, -0.05) is 34.1 Å². The molecule has 0 aliphatic carbocycles. The van der Waals surface area contributed by atoms with E-state index in [1.807, 2.05) is 30.3 Å². The molecule has 114 valence electrons. The summed E-state index contributed by atoms with van der Waals surface area (Å²) in [4.78, 5) is 16.2. The lowest BCUT2D eigenvalue weighted by atomic mass is 10.2. The van der Waals surface area contributed by atoms with Gasteiger partial charge in [-0.3, -0.25) is 4.79 Å². The molecule has 3 aromatic rings. The fourth-order valence-corrected chi connectivity index (χ4v) is 2.38. The number of hydrogen-bond acceptors (Lipinski definition) is 3. The Bertz CT molecular complexity index is 826. The molecule has 1 amide bonds. The van der Waals surface area contributed by atoms with Crippen molar-refractivity contribution in [1.82, 2.24) is 14.8 Å². The molecule has 0 radical (unpaired) electrons. The maximum atomic E-state index is 12.0. The van der Waals surface area contributed by atoms with Crippen LogP contribution in [0.25, 0.3) is 11.9 Å². The summed E-state index contributed by atoms with van der Waals surface area (Å²) in [6.45, 7) is 0. The summed E-state index contributed by atoms with van der Waals surface area (Å²) in [6, 6.07) is 13.1. The molecule has 0 bridgehead atoms. The highest BCUT2D eigenvalue weighted by molar-refractivity contribution is 9.10. The highest BCUT2D eigenvalue weighted by Gasteiger charge is 2.01. The summed E-state index contributed by atoms with van der Waals surface area (Å²) in [7, 11) is 0. The molecule has 0 saturated carbocycles. The van der Waals surface area contributed by atoms with E-state index in [1.165, 1.54) is 6.08 Å². The fraction of sp³-hybridized carbons (Fsp3) is 0. The van der Waals surface area contributed by atoms with Crippen molar-refractivity contribution in [2.75, 3.05) is 5.32 Å². The molecule has 1 N–H and O–H groups in total. The number of amides is 1. The average molecular weight is 369 g/mol. The Morgan fingerprint density at radius 2 is 2.04 bits per heavy atom. The van der Waals surface area contributed by atoms with E-state index >= 15 is 0 Å². The standard InChI is InChI=1S/C17H13BrN4O/c18-15-5-2-1-4-13(15)6-9-17(23)21-14-7-8-16(19-12-14)22-11-3-10-20-22/h1-12H,(H,21,23)/b9-6+. The first-order valence-electron chi connectivity index (χ1n) is 6.92. The molecule has 0 fully saturated rings. The minimum atomic E-state index is -0.214. The Morgan fingerprint density at radius 1 is 1.17 bits per heavy atom. The molecule has 2 aromatic heterocycles. The van der Waals surface area contributed by atoms with E-state index in [0.29, 0.717) is 11.5 Å². The molecule has 1 aromatic carbocycles. The number of anilines is 1. The van der Waals surface area contributed by atoms with E-state index in [1.54, 1.807) is 41.5 Å². The minimum absolute atomic E-state index is 0.214. The van der Waals surface area contributed by atoms with Gasteiger partial charge in [0.1, 0.15) is 0 Å². The van der Waals surface area contributed by atoms with Gasteiger partial charge in [-0.2, -0.15) is 5.10 Å². The average Bonchev–Trinajstić information content (AvgIpc) is 3.09. The molecule has 6 heteroatoms.